The first-order chi connectivity index (χ1) is 17.0. The van der Waals surface area contributed by atoms with Crippen LogP contribution in [0.4, 0.5) is 5.69 Å². The number of halogens is 1. The van der Waals surface area contributed by atoms with Gasteiger partial charge < -0.3 is 19.5 Å². The number of benzene rings is 3. The number of fused-ring (bicyclic) bond motifs is 2. The smallest absolute Gasteiger partial charge is 0.255 e. The zero-order valence-electron chi connectivity index (χ0n) is 18.9. The standard InChI is InChI=1S/C27H20ClN3O4/c1-33-24-14-21-22(15-25(24)34-2)29-10-8-23(21)35-20-6-4-16-11-19(5-3-17(16)12-20)31-27(32)18-7-9-30-26(28)13-18/h3-15H,1-2H3,(H,31,32). The van der Waals surface area contributed by atoms with Crippen molar-refractivity contribution < 1.29 is 19.0 Å². The molecule has 0 bridgehead atoms. The van der Waals surface area contributed by atoms with E-state index in [0.717, 1.165) is 21.7 Å². The largest absolute Gasteiger partial charge is 0.493 e. The van der Waals surface area contributed by atoms with E-state index in [4.69, 9.17) is 25.8 Å². The highest BCUT2D eigenvalue weighted by molar-refractivity contribution is 6.29. The number of methoxy groups -OCH3 is 2. The maximum atomic E-state index is 12.5. The van der Waals surface area contributed by atoms with Crippen molar-refractivity contribution >= 4 is 44.9 Å². The minimum atomic E-state index is -0.259. The van der Waals surface area contributed by atoms with Crippen molar-refractivity contribution in [1.29, 1.82) is 0 Å². The molecule has 2 aromatic heterocycles. The summed E-state index contributed by atoms with van der Waals surface area (Å²) in [7, 11) is 3.18. The van der Waals surface area contributed by atoms with Crippen LogP contribution in [0.3, 0.4) is 0 Å². The number of hydrogen-bond acceptors (Lipinski definition) is 6. The summed E-state index contributed by atoms with van der Waals surface area (Å²) in [5.41, 5.74) is 1.84. The van der Waals surface area contributed by atoms with Gasteiger partial charge in [-0.25, -0.2) is 4.98 Å². The van der Waals surface area contributed by atoms with Crippen LogP contribution in [-0.4, -0.2) is 30.1 Å². The van der Waals surface area contributed by atoms with E-state index in [-0.39, 0.29) is 11.1 Å². The molecule has 0 aliphatic heterocycles. The molecule has 0 saturated heterocycles. The summed E-state index contributed by atoms with van der Waals surface area (Å²) < 4.78 is 17.0. The van der Waals surface area contributed by atoms with Gasteiger partial charge in [0, 0.05) is 35.1 Å². The molecule has 0 fully saturated rings. The lowest BCUT2D eigenvalue weighted by Gasteiger charge is -2.13. The van der Waals surface area contributed by atoms with Crippen molar-refractivity contribution in [2.24, 2.45) is 0 Å². The van der Waals surface area contributed by atoms with Gasteiger partial charge in [0.25, 0.3) is 5.91 Å². The predicted octanol–water partition coefficient (Wildman–Crippen LogP) is 6.50. The first-order valence-electron chi connectivity index (χ1n) is 10.7. The quantitative estimate of drug-likeness (QED) is 0.276. The van der Waals surface area contributed by atoms with E-state index < -0.39 is 0 Å². The number of ether oxygens (including phenoxy) is 3. The van der Waals surface area contributed by atoms with Gasteiger partial charge in [-0.05, 0) is 59.3 Å². The number of amides is 1. The van der Waals surface area contributed by atoms with Crippen LogP contribution in [0.15, 0.2) is 79.1 Å². The Labute approximate surface area is 206 Å². The van der Waals surface area contributed by atoms with E-state index in [1.165, 1.54) is 12.3 Å². The number of rotatable bonds is 6. The highest BCUT2D eigenvalue weighted by Crippen LogP contribution is 2.37. The predicted molar refractivity (Wildman–Crippen MR) is 136 cm³/mol. The Morgan fingerprint density at radius 2 is 1.54 bits per heavy atom. The van der Waals surface area contributed by atoms with Crippen LogP contribution >= 0.6 is 11.6 Å². The molecule has 0 unspecified atom stereocenters. The van der Waals surface area contributed by atoms with E-state index in [2.05, 4.69) is 15.3 Å². The third kappa shape index (κ3) is 4.67. The maximum Gasteiger partial charge on any atom is 0.255 e. The van der Waals surface area contributed by atoms with Crippen molar-refractivity contribution in [2.75, 3.05) is 19.5 Å². The Morgan fingerprint density at radius 3 is 2.34 bits per heavy atom. The normalized spacial score (nSPS) is 10.8. The van der Waals surface area contributed by atoms with Crippen molar-refractivity contribution in [3.8, 4) is 23.0 Å². The van der Waals surface area contributed by atoms with Gasteiger partial charge in [0.15, 0.2) is 11.5 Å². The molecule has 5 rings (SSSR count). The zero-order valence-corrected chi connectivity index (χ0v) is 19.7. The number of nitrogens with one attached hydrogen (secondary N) is 1. The fourth-order valence-corrected chi connectivity index (χ4v) is 3.95. The summed E-state index contributed by atoms with van der Waals surface area (Å²) >= 11 is 5.89. The van der Waals surface area contributed by atoms with E-state index in [9.17, 15) is 4.79 Å². The molecule has 0 atom stereocenters. The summed E-state index contributed by atoms with van der Waals surface area (Å²) in [6.45, 7) is 0. The van der Waals surface area contributed by atoms with Gasteiger partial charge in [-0.15, -0.1) is 0 Å². The number of nitrogens with zero attached hydrogens (tertiary/aromatic N) is 2. The minimum Gasteiger partial charge on any atom is -0.493 e. The fourth-order valence-electron chi connectivity index (χ4n) is 3.78. The average Bonchev–Trinajstić information content (AvgIpc) is 2.88. The summed E-state index contributed by atoms with van der Waals surface area (Å²) in [6.07, 6.45) is 3.19. The van der Waals surface area contributed by atoms with Gasteiger partial charge in [-0.3, -0.25) is 9.78 Å². The molecule has 0 saturated carbocycles. The van der Waals surface area contributed by atoms with E-state index in [0.29, 0.717) is 34.2 Å². The van der Waals surface area contributed by atoms with Gasteiger partial charge in [0.1, 0.15) is 16.7 Å². The topological polar surface area (TPSA) is 82.6 Å². The Morgan fingerprint density at radius 1 is 0.800 bits per heavy atom. The molecule has 0 aliphatic carbocycles. The first-order valence-corrected chi connectivity index (χ1v) is 11.1. The monoisotopic (exact) mass is 485 g/mol. The van der Waals surface area contributed by atoms with Crippen LogP contribution < -0.4 is 19.5 Å². The van der Waals surface area contributed by atoms with Crippen LogP contribution in [0.25, 0.3) is 21.7 Å². The van der Waals surface area contributed by atoms with E-state index >= 15 is 0 Å². The molecular weight excluding hydrogens is 466 g/mol. The van der Waals surface area contributed by atoms with Gasteiger partial charge in [0.05, 0.1) is 19.7 Å². The highest BCUT2D eigenvalue weighted by Gasteiger charge is 2.12. The van der Waals surface area contributed by atoms with Gasteiger partial charge >= 0.3 is 0 Å². The van der Waals surface area contributed by atoms with Crippen molar-refractivity contribution in [1.82, 2.24) is 9.97 Å². The summed E-state index contributed by atoms with van der Waals surface area (Å²) in [4.78, 5) is 20.8. The second-order valence-corrected chi connectivity index (χ2v) is 8.07. The van der Waals surface area contributed by atoms with Gasteiger partial charge in [-0.2, -0.15) is 0 Å². The Balaban J connectivity index is 1.40. The van der Waals surface area contributed by atoms with Gasteiger partial charge in [-0.1, -0.05) is 23.7 Å². The van der Waals surface area contributed by atoms with Crippen LogP contribution in [0.1, 0.15) is 10.4 Å². The molecule has 5 aromatic rings. The Hall–Kier alpha value is -4.36. The minimum absolute atomic E-state index is 0.259. The zero-order chi connectivity index (χ0) is 24.4. The molecular formula is C27H20ClN3O4. The lowest BCUT2D eigenvalue weighted by atomic mass is 10.1. The number of hydrogen-bond donors (Lipinski definition) is 1. The molecule has 1 amide bonds. The van der Waals surface area contributed by atoms with Crippen LogP contribution in [-0.2, 0) is 0 Å². The average molecular weight is 486 g/mol. The third-order valence-corrected chi connectivity index (χ3v) is 5.70. The molecule has 1 N–H and O–H groups in total. The number of carbonyl (C=O) groups excluding carboxylic acids is 1. The lowest BCUT2D eigenvalue weighted by Crippen LogP contribution is -2.11. The first kappa shape index (κ1) is 22.4. The molecule has 0 aliphatic rings. The molecule has 7 nitrogen and oxygen atoms in total. The lowest BCUT2D eigenvalue weighted by molar-refractivity contribution is 0.102. The number of anilines is 1. The number of pyridine rings is 2. The Kier molecular flexibility index (Phi) is 6.08. The molecule has 8 heteroatoms. The second kappa shape index (κ2) is 9.48. The number of carbonyl (C=O) groups is 1. The van der Waals surface area contributed by atoms with Crippen LogP contribution in [0.2, 0.25) is 5.15 Å². The van der Waals surface area contributed by atoms with E-state index in [1.807, 2.05) is 54.6 Å². The Bertz CT molecular complexity index is 1570. The SMILES string of the molecule is COc1cc2nccc(Oc3ccc4cc(NC(=O)c5ccnc(Cl)c5)ccc4c3)c2cc1OC. The molecule has 35 heavy (non-hydrogen) atoms. The molecule has 2 heterocycles. The van der Waals surface area contributed by atoms with Crippen molar-refractivity contribution in [3.63, 3.8) is 0 Å². The summed E-state index contributed by atoms with van der Waals surface area (Å²) in [5, 5.41) is 5.87. The summed E-state index contributed by atoms with van der Waals surface area (Å²) in [5.74, 6) is 2.26. The van der Waals surface area contributed by atoms with Gasteiger partial charge in [0.2, 0.25) is 0 Å². The maximum absolute atomic E-state index is 12.5. The molecule has 0 spiro atoms. The fraction of sp³-hybridized carbons (Fsp3) is 0.0741. The van der Waals surface area contributed by atoms with E-state index in [1.54, 1.807) is 26.5 Å². The summed E-state index contributed by atoms with van der Waals surface area (Å²) in [6, 6.07) is 20.0. The van der Waals surface area contributed by atoms with Crippen LogP contribution in [0, 0.1) is 0 Å². The van der Waals surface area contributed by atoms with Crippen LogP contribution in [0.5, 0.6) is 23.0 Å². The highest BCUT2D eigenvalue weighted by atomic mass is 35.5. The molecule has 174 valence electrons. The molecule has 0 radical (unpaired) electrons. The third-order valence-electron chi connectivity index (χ3n) is 5.49. The molecule has 3 aromatic carbocycles. The van der Waals surface area contributed by atoms with Crippen molar-refractivity contribution in [3.05, 3.63) is 89.8 Å². The second-order valence-electron chi connectivity index (χ2n) is 7.68. The van der Waals surface area contributed by atoms with Crippen molar-refractivity contribution in [2.45, 2.75) is 0 Å². The number of aromatic nitrogens is 2.